The van der Waals surface area contributed by atoms with E-state index in [0.717, 1.165) is 0 Å². The first-order valence-corrected chi connectivity index (χ1v) is 8.88. The predicted molar refractivity (Wildman–Crippen MR) is 110 cm³/mol. The van der Waals surface area contributed by atoms with E-state index < -0.39 is 0 Å². The van der Waals surface area contributed by atoms with Crippen LogP contribution in [0.15, 0.2) is 54.6 Å². The highest BCUT2D eigenvalue weighted by Crippen LogP contribution is 2.36. The summed E-state index contributed by atoms with van der Waals surface area (Å²) < 4.78 is 0. The van der Waals surface area contributed by atoms with Crippen molar-refractivity contribution in [2.24, 2.45) is 0 Å². The van der Waals surface area contributed by atoms with Crippen LogP contribution in [0, 0.1) is 41.5 Å². The van der Waals surface area contributed by atoms with Crippen LogP contribution in [0.2, 0.25) is 0 Å². The number of benzene rings is 3. The molecule has 0 heterocycles. The zero-order chi connectivity index (χ0) is 18.1. The molecule has 0 amide bonds. The highest BCUT2D eigenvalue weighted by atomic mass is 15.1. The highest BCUT2D eigenvalue weighted by molar-refractivity contribution is 5.78. The summed E-state index contributed by atoms with van der Waals surface area (Å²) in [6.45, 7) is 13.0. The maximum atomic E-state index is 2.35. The SMILES string of the molecule is Cc1ccc(N(c2ccc(C)c(C)c2)c2ccc(C)c(C)c2)cc1C. The Morgan fingerprint density at radius 1 is 0.400 bits per heavy atom. The van der Waals surface area contributed by atoms with Gasteiger partial charge in [0.05, 0.1) is 0 Å². The van der Waals surface area contributed by atoms with Crippen LogP contribution in [-0.4, -0.2) is 0 Å². The molecule has 128 valence electrons. The van der Waals surface area contributed by atoms with Crippen molar-refractivity contribution in [2.45, 2.75) is 41.5 Å². The molecule has 0 aliphatic carbocycles. The van der Waals surface area contributed by atoms with Gasteiger partial charge in [-0.05, 0) is 111 Å². The first kappa shape index (κ1) is 17.3. The lowest BCUT2D eigenvalue weighted by Crippen LogP contribution is -2.11. The van der Waals surface area contributed by atoms with Crippen LogP contribution in [0.5, 0.6) is 0 Å². The summed E-state index contributed by atoms with van der Waals surface area (Å²) in [5.74, 6) is 0. The molecule has 0 N–H and O–H groups in total. The van der Waals surface area contributed by atoms with Crippen molar-refractivity contribution >= 4 is 17.1 Å². The summed E-state index contributed by atoms with van der Waals surface area (Å²) in [5.41, 5.74) is 11.5. The standard InChI is InChI=1S/C24H27N/c1-16-7-10-22(13-19(16)4)25(23-11-8-17(2)20(5)14-23)24-12-9-18(3)21(6)15-24/h7-15H,1-6H3. The molecule has 1 nitrogen and oxygen atoms in total. The van der Waals surface area contributed by atoms with Gasteiger partial charge in [0.25, 0.3) is 0 Å². The second kappa shape index (κ2) is 6.76. The van der Waals surface area contributed by atoms with Gasteiger partial charge in [0.2, 0.25) is 0 Å². The summed E-state index contributed by atoms with van der Waals surface area (Å²) in [4.78, 5) is 2.35. The van der Waals surface area contributed by atoms with Crippen LogP contribution in [0.4, 0.5) is 17.1 Å². The molecule has 0 bridgehead atoms. The van der Waals surface area contributed by atoms with E-state index in [4.69, 9.17) is 0 Å². The average Bonchev–Trinajstić information content (AvgIpc) is 2.57. The number of nitrogens with zero attached hydrogens (tertiary/aromatic N) is 1. The van der Waals surface area contributed by atoms with Crippen LogP contribution in [0.3, 0.4) is 0 Å². The zero-order valence-electron chi connectivity index (χ0n) is 16.1. The zero-order valence-corrected chi connectivity index (χ0v) is 16.1. The minimum absolute atomic E-state index is 1.20. The molecule has 0 saturated heterocycles. The smallest absolute Gasteiger partial charge is 0.0464 e. The molecule has 25 heavy (non-hydrogen) atoms. The minimum atomic E-state index is 1.20. The Morgan fingerprint density at radius 2 is 0.680 bits per heavy atom. The Kier molecular flexibility index (Phi) is 4.67. The first-order chi connectivity index (χ1) is 11.9. The van der Waals surface area contributed by atoms with Crippen molar-refractivity contribution in [2.75, 3.05) is 4.90 Å². The molecule has 0 aliphatic heterocycles. The lowest BCUT2D eigenvalue weighted by Gasteiger charge is -2.27. The van der Waals surface area contributed by atoms with Gasteiger partial charge in [-0.25, -0.2) is 0 Å². The average molecular weight is 329 g/mol. The molecular formula is C24H27N. The topological polar surface area (TPSA) is 3.24 Å². The van der Waals surface area contributed by atoms with Crippen LogP contribution in [0.25, 0.3) is 0 Å². The van der Waals surface area contributed by atoms with Gasteiger partial charge in [0.15, 0.2) is 0 Å². The summed E-state index contributed by atoms with van der Waals surface area (Å²) >= 11 is 0. The van der Waals surface area contributed by atoms with Gasteiger partial charge < -0.3 is 4.90 Å². The van der Waals surface area contributed by atoms with E-state index in [9.17, 15) is 0 Å². The Labute approximate surface area is 151 Å². The molecule has 0 saturated carbocycles. The van der Waals surface area contributed by atoms with E-state index in [0.29, 0.717) is 0 Å². The molecule has 0 aromatic heterocycles. The van der Waals surface area contributed by atoms with E-state index in [2.05, 4.69) is 101 Å². The maximum absolute atomic E-state index is 2.35. The molecule has 0 fully saturated rings. The number of rotatable bonds is 3. The van der Waals surface area contributed by atoms with Crippen LogP contribution in [-0.2, 0) is 0 Å². The van der Waals surface area contributed by atoms with Gasteiger partial charge in [-0.15, -0.1) is 0 Å². The molecule has 3 aromatic rings. The Bertz CT molecular complexity index is 799. The minimum Gasteiger partial charge on any atom is -0.310 e. The second-order valence-corrected chi connectivity index (χ2v) is 7.14. The van der Waals surface area contributed by atoms with E-state index in [-0.39, 0.29) is 0 Å². The van der Waals surface area contributed by atoms with Crippen LogP contribution < -0.4 is 4.90 Å². The lowest BCUT2D eigenvalue weighted by atomic mass is 10.0. The number of aryl methyl sites for hydroxylation is 6. The van der Waals surface area contributed by atoms with Crippen molar-refractivity contribution < 1.29 is 0 Å². The van der Waals surface area contributed by atoms with Crippen molar-refractivity contribution in [3.8, 4) is 0 Å². The summed E-state index contributed by atoms with van der Waals surface area (Å²) in [7, 11) is 0. The van der Waals surface area contributed by atoms with E-state index >= 15 is 0 Å². The van der Waals surface area contributed by atoms with Gasteiger partial charge >= 0.3 is 0 Å². The third kappa shape index (κ3) is 3.46. The third-order valence-electron chi connectivity index (χ3n) is 5.25. The number of hydrogen-bond acceptors (Lipinski definition) is 1. The van der Waals surface area contributed by atoms with Gasteiger partial charge in [0.1, 0.15) is 0 Å². The van der Waals surface area contributed by atoms with Gasteiger partial charge in [0, 0.05) is 17.1 Å². The fourth-order valence-corrected chi connectivity index (χ4v) is 3.04. The molecule has 0 radical (unpaired) electrons. The summed E-state index contributed by atoms with van der Waals surface area (Å²) in [6.07, 6.45) is 0. The lowest BCUT2D eigenvalue weighted by molar-refractivity contribution is 1.22. The van der Waals surface area contributed by atoms with Gasteiger partial charge in [-0.2, -0.15) is 0 Å². The number of hydrogen-bond donors (Lipinski definition) is 0. The fraction of sp³-hybridized carbons (Fsp3) is 0.250. The molecule has 1 heteroatoms. The third-order valence-corrected chi connectivity index (χ3v) is 5.25. The first-order valence-electron chi connectivity index (χ1n) is 8.88. The molecule has 3 rings (SSSR count). The number of anilines is 3. The molecular weight excluding hydrogens is 302 g/mol. The largest absolute Gasteiger partial charge is 0.310 e. The van der Waals surface area contributed by atoms with Crippen molar-refractivity contribution in [1.29, 1.82) is 0 Å². The van der Waals surface area contributed by atoms with Crippen LogP contribution in [0.1, 0.15) is 33.4 Å². The highest BCUT2D eigenvalue weighted by Gasteiger charge is 2.14. The van der Waals surface area contributed by atoms with Crippen molar-refractivity contribution in [3.05, 3.63) is 88.0 Å². The normalized spacial score (nSPS) is 10.8. The maximum Gasteiger partial charge on any atom is 0.0464 e. The molecule has 0 unspecified atom stereocenters. The Balaban J connectivity index is 2.21. The molecule has 0 aliphatic rings. The fourth-order valence-electron chi connectivity index (χ4n) is 3.04. The predicted octanol–water partition coefficient (Wildman–Crippen LogP) is 7.01. The van der Waals surface area contributed by atoms with Gasteiger partial charge in [-0.3, -0.25) is 0 Å². The van der Waals surface area contributed by atoms with Crippen molar-refractivity contribution in [3.63, 3.8) is 0 Å². The monoisotopic (exact) mass is 329 g/mol. The Hall–Kier alpha value is -2.54. The second-order valence-electron chi connectivity index (χ2n) is 7.14. The Morgan fingerprint density at radius 3 is 0.920 bits per heavy atom. The van der Waals surface area contributed by atoms with Gasteiger partial charge in [-0.1, -0.05) is 18.2 Å². The van der Waals surface area contributed by atoms with E-state index in [1.54, 1.807) is 0 Å². The molecule has 0 atom stereocenters. The molecule has 3 aromatic carbocycles. The summed E-state index contributed by atoms with van der Waals surface area (Å²) in [5, 5.41) is 0. The molecule has 0 spiro atoms. The van der Waals surface area contributed by atoms with Crippen LogP contribution >= 0.6 is 0 Å². The van der Waals surface area contributed by atoms with Crippen molar-refractivity contribution in [1.82, 2.24) is 0 Å². The quantitative estimate of drug-likeness (QED) is 0.499. The summed E-state index contributed by atoms with van der Waals surface area (Å²) in [6, 6.07) is 20.1. The van der Waals surface area contributed by atoms with E-state index in [1.165, 1.54) is 50.4 Å². The van der Waals surface area contributed by atoms with E-state index in [1.807, 2.05) is 0 Å².